The van der Waals surface area contributed by atoms with Gasteiger partial charge in [-0.3, -0.25) is 0 Å². The minimum Gasteiger partial charge on any atom is -0.416 e. The van der Waals surface area contributed by atoms with Gasteiger partial charge in [0.25, 0.3) is 0 Å². The summed E-state index contributed by atoms with van der Waals surface area (Å²) in [6, 6.07) is 10.0. The first-order chi connectivity index (χ1) is 10.5. The molecule has 0 radical (unpaired) electrons. The van der Waals surface area contributed by atoms with E-state index in [0.717, 1.165) is 15.6 Å². The van der Waals surface area contributed by atoms with E-state index < -0.39 is 0 Å². The van der Waals surface area contributed by atoms with Crippen LogP contribution in [-0.2, 0) is 4.74 Å². The van der Waals surface area contributed by atoms with Crippen molar-refractivity contribution in [2.75, 3.05) is 13.1 Å². The maximum atomic E-state index is 11.8. The minimum absolute atomic E-state index is 0.367. The number of ether oxygens (including phenoxy) is 1. The van der Waals surface area contributed by atoms with Gasteiger partial charge in [-0.15, -0.1) is 0 Å². The Morgan fingerprint density at radius 2 is 1.91 bits per heavy atom. The largest absolute Gasteiger partial charge is 0.416 e. The Balaban J connectivity index is 2.11. The summed E-state index contributed by atoms with van der Waals surface area (Å²) in [5.41, 5.74) is 2.71. The summed E-state index contributed by atoms with van der Waals surface area (Å²) in [5, 5.41) is 9.46. The van der Waals surface area contributed by atoms with Crippen LogP contribution in [0.15, 0.2) is 46.6 Å². The average Bonchev–Trinajstić information content (AvgIpc) is 2.50. The first-order valence-electron chi connectivity index (χ1n) is 7.01. The molecule has 1 fully saturated rings. The van der Waals surface area contributed by atoms with Crippen LogP contribution in [0.2, 0.25) is 0 Å². The third-order valence-corrected chi connectivity index (χ3v) is 4.01. The molecule has 0 aromatic heterocycles. The molecule has 114 valence electrons. The molecule has 22 heavy (non-hydrogen) atoms. The maximum absolute atomic E-state index is 11.8. The van der Waals surface area contributed by atoms with Crippen molar-refractivity contribution in [1.82, 2.24) is 4.90 Å². The van der Waals surface area contributed by atoms with E-state index >= 15 is 0 Å². The zero-order valence-electron chi connectivity index (χ0n) is 12.4. The van der Waals surface area contributed by atoms with E-state index in [2.05, 4.69) is 28.6 Å². The Kier molecular flexibility index (Phi) is 5.40. The smallest absolute Gasteiger partial charge is 0.414 e. The number of nitrogens with zero attached hydrogens (tertiary/aromatic N) is 2. The van der Waals surface area contributed by atoms with Crippen molar-refractivity contribution in [2.24, 2.45) is 0 Å². The zero-order valence-corrected chi connectivity index (χ0v) is 14.0. The maximum Gasteiger partial charge on any atom is 0.414 e. The number of hydrogen-bond donors (Lipinski definition) is 0. The first-order valence-corrected chi connectivity index (χ1v) is 7.81. The van der Waals surface area contributed by atoms with Crippen LogP contribution in [0.5, 0.6) is 0 Å². The molecule has 2 rings (SSSR count). The number of allylic oxidation sites excluding steroid dienone is 2. The van der Waals surface area contributed by atoms with Crippen LogP contribution in [0.25, 0.3) is 5.57 Å². The molecule has 1 saturated heterocycles. The van der Waals surface area contributed by atoms with Crippen LogP contribution in [0.4, 0.5) is 4.79 Å². The monoisotopic (exact) mass is 360 g/mol. The Labute approximate surface area is 138 Å². The van der Waals surface area contributed by atoms with Crippen molar-refractivity contribution in [2.45, 2.75) is 19.8 Å². The fourth-order valence-electron chi connectivity index (χ4n) is 2.39. The van der Waals surface area contributed by atoms with Gasteiger partial charge in [0.15, 0.2) is 0 Å². The van der Waals surface area contributed by atoms with Gasteiger partial charge in [0.05, 0.1) is 17.4 Å². The number of carbonyl (C=O) groups excluding carboxylic acids is 1. The molecule has 1 amide bonds. The van der Waals surface area contributed by atoms with Crippen LogP contribution < -0.4 is 0 Å². The van der Waals surface area contributed by atoms with E-state index in [-0.39, 0.29) is 6.09 Å². The summed E-state index contributed by atoms with van der Waals surface area (Å²) in [6.07, 6.45) is 1.00. The summed E-state index contributed by atoms with van der Waals surface area (Å²) in [6.45, 7) is 6.33. The van der Waals surface area contributed by atoms with Gasteiger partial charge in [-0.25, -0.2) is 4.79 Å². The molecule has 0 bridgehead atoms. The van der Waals surface area contributed by atoms with Gasteiger partial charge in [-0.2, -0.15) is 5.26 Å². The highest BCUT2D eigenvalue weighted by molar-refractivity contribution is 9.10. The van der Waals surface area contributed by atoms with Gasteiger partial charge >= 0.3 is 6.09 Å². The molecule has 0 aliphatic carbocycles. The van der Waals surface area contributed by atoms with Gasteiger partial charge in [0, 0.05) is 17.6 Å². The van der Waals surface area contributed by atoms with E-state index in [9.17, 15) is 10.1 Å². The van der Waals surface area contributed by atoms with Gasteiger partial charge < -0.3 is 9.64 Å². The second-order valence-electron chi connectivity index (χ2n) is 5.15. The fourth-order valence-corrected chi connectivity index (χ4v) is 2.65. The normalized spacial score (nSPS) is 14.2. The second kappa shape index (κ2) is 7.28. The number of amides is 1. The number of benzene rings is 1. The molecular formula is C17H17BrN2O2. The molecule has 4 nitrogen and oxygen atoms in total. The van der Waals surface area contributed by atoms with E-state index in [0.29, 0.717) is 37.3 Å². The molecule has 0 unspecified atom stereocenters. The third-order valence-electron chi connectivity index (χ3n) is 3.48. The molecule has 0 spiro atoms. The van der Waals surface area contributed by atoms with Crippen LogP contribution in [0.3, 0.4) is 0 Å². The van der Waals surface area contributed by atoms with Gasteiger partial charge in [0.2, 0.25) is 0 Å². The summed E-state index contributed by atoms with van der Waals surface area (Å²) < 4.78 is 6.00. The lowest BCUT2D eigenvalue weighted by molar-refractivity contribution is 0.126. The number of halogens is 1. The van der Waals surface area contributed by atoms with Crippen LogP contribution in [-0.4, -0.2) is 24.1 Å². The summed E-state index contributed by atoms with van der Waals surface area (Å²) in [4.78, 5) is 13.5. The van der Waals surface area contributed by atoms with Gasteiger partial charge in [-0.1, -0.05) is 34.6 Å². The van der Waals surface area contributed by atoms with Crippen molar-refractivity contribution < 1.29 is 9.53 Å². The molecule has 5 heteroatoms. The SMILES string of the molecule is C=C(C)OC(=O)N1CCC(=C(C#N)c2ccc(Br)cc2)CC1. The Hall–Kier alpha value is -2.06. The summed E-state index contributed by atoms with van der Waals surface area (Å²) in [7, 11) is 0. The molecule has 0 saturated carbocycles. The Morgan fingerprint density at radius 1 is 1.32 bits per heavy atom. The highest BCUT2D eigenvalue weighted by Crippen LogP contribution is 2.27. The van der Waals surface area contributed by atoms with Crippen molar-refractivity contribution in [3.8, 4) is 6.07 Å². The summed E-state index contributed by atoms with van der Waals surface area (Å²) in [5.74, 6) is 0.388. The number of hydrogen-bond acceptors (Lipinski definition) is 3. The predicted octanol–water partition coefficient (Wildman–Crippen LogP) is 4.49. The molecule has 1 aromatic carbocycles. The van der Waals surface area contributed by atoms with Crippen molar-refractivity contribution >= 4 is 27.6 Å². The summed E-state index contributed by atoms with van der Waals surface area (Å²) >= 11 is 3.39. The topological polar surface area (TPSA) is 53.3 Å². The zero-order chi connectivity index (χ0) is 16.1. The fraction of sp³-hybridized carbons (Fsp3) is 0.294. The number of piperidine rings is 1. The van der Waals surface area contributed by atoms with E-state index in [4.69, 9.17) is 4.74 Å². The highest BCUT2D eigenvalue weighted by Gasteiger charge is 2.22. The van der Waals surface area contributed by atoms with Crippen LogP contribution in [0, 0.1) is 11.3 Å². The Bertz CT molecular complexity index is 646. The predicted molar refractivity (Wildman–Crippen MR) is 88.8 cm³/mol. The van der Waals surface area contributed by atoms with E-state index in [1.165, 1.54) is 0 Å². The first kappa shape index (κ1) is 16.3. The van der Waals surface area contributed by atoms with Crippen molar-refractivity contribution in [3.05, 3.63) is 52.2 Å². The average molecular weight is 361 g/mol. The van der Waals surface area contributed by atoms with Crippen LogP contribution in [0.1, 0.15) is 25.3 Å². The lowest BCUT2D eigenvalue weighted by Gasteiger charge is -2.28. The highest BCUT2D eigenvalue weighted by atomic mass is 79.9. The number of rotatable bonds is 2. The van der Waals surface area contributed by atoms with E-state index in [1.807, 2.05) is 24.3 Å². The minimum atomic E-state index is -0.367. The number of carbonyl (C=O) groups is 1. The van der Waals surface area contributed by atoms with Gasteiger partial charge in [-0.05, 0) is 43.0 Å². The number of nitriles is 1. The van der Waals surface area contributed by atoms with Gasteiger partial charge in [0.1, 0.15) is 0 Å². The molecule has 0 atom stereocenters. The molecule has 0 N–H and O–H groups in total. The Morgan fingerprint density at radius 3 is 2.41 bits per heavy atom. The number of likely N-dealkylation sites (tertiary alicyclic amines) is 1. The molecular weight excluding hydrogens is 344 g/mol. The molecule has 1 aromatic rings. The quantitative estimate of drug-likeness (QED) is 0.576. The molecule has 1 aliphatic heterocycles. The standard InChI is InChI=1S/C17H17BrN2O2/c1-12(2)22-17(21)20-9-7-14(8-10-20)16(11-19)13-3-5-15(18)6-4-13/h3-6H,1,7-10H2,2H3. The van der Waals surface area contributed by atoms with Crippen molar-refractivity contribution in [1.29, 1.82) is 5.26 Å². The lowest BCUT2D eigenvalue weighted by atomic mass is 9.94. The molecule has 1 heterocycles. The third kappa shape index (κ3) is 3.99. The second-order valence-corrected chi connectivity index (χ2v) is 6.07. The lowest BCUT2D eigenvalue weighted by Crippen LogP contribution is -2.36. The van der Waals surface area contributed by atoms with Crippen LogP contribution >= 0.6 is 15.9 Å². The molecule has 1 aliphatic rings. The van der Waals surface area contributed by atoms with Crippen molar-refractivity contribution in [3.63, 3.8) is 0 Å². The van der Waals surface area contributed by atoms with E-state index in [1.54, 1.807) is 11.8 Å².